The molecule has 0 radical (unpaired) electrons. The van der Waals surface area contributed by atoms with Crippen molar-refractivity contribution in [3.05, 3.63) is 59.7 Å². The van der Waals surface area contributed by atoms with Gasteiger partial charge in [0.25, 0.3) is 0 Å². The van der Waals surface area contributed by atoms with Crippen LogP contribution in [0, 0.1) is 23.3 Å². The Kier molecular flexibility index (Phi) is 4.19. The normalized spacial score (nSPS) is 10.7. The van der Waals surface area contributed by atoms with Crippen LogP contribution < -0.4 is 0 Å². The fourth-order valence-electron chi connectivity index (χ4n) is 1.19. The number of halogens is 4. The van der Waals surface area contributed by atoms with E-state index >= 15 is 0 Å². The molecule has 0 atom stereocenters. The van der Waals surface area contributed by atoms with E-state index in [-0.39, 0.29) is 6.07 Å². The van der Waals surface area contributed by atoms with E-state index in [2.05, 4.69) is 0 Å². The molecular weight excluding hydrogens is 284 g/mol. The van der Waals surface area contributed by atoms with E-state index in [4.69, 9.17) is 0 Å². The molecule has 6 heteroatoms. The minimum atomic E-state index is -1.40. The molecule has 0 aromatic heterocycles. The predicted octanol–water partition coefficient (Wildman–Crippen LogP) is 5.04. The van der Waals surface area contributed by atoms with E-state index in [0.29, 0.717) is 10.8 Å². The Balaban J connectivity index is 2.24. The van der Waals surface area contributed by atoms with Gasteiger partial charge in [-0.15, -0.1) is 0 Å². The van der Waals surface area contributed by atoms with Gasteiger partial charge in [0.1, 0.15) is 0 Å². The van der Waals surface area contributed by atoms with Crippen molar-refractivity contribution >= 4 is 21.6 Å². The highest BCUT2D eigenvalue weighted by Crippen LogP contribution is 2.40. The second kappa shape index (κ2) is 5.67. The van der Waals surface area contributed by atoms with Crippen LogP contribution in [0.15, 0.2) is 46.2 Å². The molecule has 2 aromatic rings. The second-order valence-corrected chi connectivity index (χ2v) is 5.49. The summed E-state index contributed by atoms with van der Waals surface area (Å²) in [7, 11) is 1.66. The van der Waals surface area contributed by atoms with Crippen LogP contribution in [-0.2, 0) is 0 Å². The third kappa shape index (κ3) is 2.81. The largest absolute Gasteiger partial charge is 0.204 e. The zero-order chi connectivity index (χ0) is 13.1. The molecule has 2 aromatic carbocycles. The first-order chi connectivity index (χ1) is 8.59. The number of rotatable bonds is 3. The molecule has 0 bridgehead atoms. The minimum absolute atomic E-state index is 0.196. The first-order valence-corrected chi connectivity index (χ1v) is 6.97. The maximum Gasteiger partial charge on any atom is 0.176 e. The summed E-state index contributed by atoms with van der Waals surface area (Å²) in [5.74, 6) is -5.54. The van der Waals surface area contributed by atoms with Crippen LogP contribution >= 0.6 is 21.6 Å². The summed E-state index contributed by atoms with van der Waals surface area (Å²) in [5.41, 5.74) is 0. The van der Waals surface area contributed by atoms with Crippen LogP contribution in [0.4, 0.5) is 17.6 Å². The Labute approximate surface area is 109 Å². The summed E-state index contributed by atoms with van der Waals surface area (Å²) in [6.45, 7) is 0. The summed E-state index contributed by atoms with van der Waals surface area (Å²) < 4.78 is 52.5. The smallest absolute Gasteiger partial charge is 0.176 e. The Morgan fingerprint density at radius 1 is 0.722 bits per heavy atom. The quantitative estimate of drug-likeness (QED) is 0.441. The van der Waals surface area contributed by atoms with E-state index in [1.165, 1.54) is 0 Å². The van der Waals surface area contributed by atoms with Crippen LogP contribution in [0.3, 0.4) is 0 Å². The maximum absolute atomic E-state index is 13.3. The molecule has 0 aliphatic heterocycles. The summed E-state index contributed by atoms with van der Waals surface area (Å²) in [5, 5.41) is 0. The van der Waals surface area contributed by atoms with Crippen molar-refractivity contribution in [1.29, 1.82) is 0 Å². The van der Waals surface area contributed by atoms with Crippen LogP contribution in [0.25, 0.3) is 0 Å². The van der Waals surface area contributed by atoms with Crippen molar-refractivity contribution in [2.24, 2.45) is 0 Å². The lowest BCUT2D eigenvalue weighted by molar-refractivity contribution is 0.426. The van der Waals surface area contributed by atoms with Crippen molar-refractivity contribution in [2.45, 2.75) is 9.79 Å². The Hall–Kier alpha value is -1.14. The molecule has 0 heterocycles. The average Bonchev–Trinajstić information content (AvgIpc) is 2.38. The van der Waals surface area contributed by atoms with Crippen molar-refractivity contribution in [2.75, 3.05) is 0 Å². The number of benzene rings is 2. The Morgan fingerprint density at radius 2 is 1.28 bits per heavy atom. The van der Waals surface area contributed by atoms with Crippen molar-refractivity contribution < 1.29 is 17.6 Å². The molecule has 0 fully saturated rings. The van der Waals surface area contributed by atoms with Gasteiger partial charge in [0.2, 0.25) is 0 Å². The molecule has 0 aliphatic rings. The van der Waals surface area contributed by atoms with Gasteiger partial charge in [-0.1, -0.05) is 29.0 Å². The van der Waals surface area contributed by atoms with E-state index in [1.54, 1.807) is 30.3 Å². The van der Waals surface area contributed by atoms with E-state index in [0.717, 1.165) is 15.7 Å². The molecule has 0 unspecified atom stereocenters. The number of hydrogen-bond acceptors (Lipinski definition) is 2. The molecule has 2 rings (SSSR count). The van der Waals surface area contributed by atoms with Crippen LogP contribution in [0.5, 0.6) is 0 Å². The molecule has 0 spiro atoms. The molecule has 94 valence electrons. The van der Waals surface area contributed by atoms with Gasteiger partial charge >= 0.3 is 0 Å². The van der Waals surface area contributed by atoms with Gasteiger partial charge in [0.05, 0.1) is 4.90 Å². The minimum Gasteiger partial charge on any atom is -0.204 e. The van der Waals surface area contributed by atoms with Gasteiger partial charge in [-0.25, -0.2) is 17.6 Å². The first kappa shape index (κ1) is 13.3. The van der Waals surface area contributed by atoms with Crippen LogP contribution in [0.1, 0.15) is 0 Å². The standard InChI is InChI=1S/C12H6F4S2/c13-8-6-9(14)11(16)12(10(8)15)18-17-7-4-2-1-3-5-7/h1-6H. The summed E-state index contributed by atoms with van der Waals surface area (Å²) in [4.78, 5) is 0.0623. The highest BCUT2D eigenvalue weighted by Gasteiger charge is 2.19. The molecule has 0 amide bonds. The van der Waals surface area contributed by atoms with Gasteiger partial charge in [0, 0.05) is 11.0 Å². The van der Waals surface area contributed by atoms with Gasteiger partial charge < -0.3 is 0 Å². The zero-order valence-corrected chi connectivity index (χ0v) is 10.4. The zero-order valence-electron chi connectivity index (χ0n) is 8.79. The molecule has 0 saturated heterocycles. The maximum atomic E-state index is 13.3. The van der Waals surface area contributed by atoms with Gasteiger partial charge in [-0.3, -0.25) is 0 Å². The third-order valence-electron chi connectivity index (χ3n) is 2.04. The van der Waals surface area contributed by atoms with E-state index < -0.39 is 28.2 Å². The van der Waals surface area contributed by atoms with Crippen LogP contribution in [0.2, 0.25) is 0 Å². The first-order valence-electron chi connectivity index (χ1n) is 4.82. The SMILES string of the molecule is Fc1cc(F)c(F)c(SSc2ccccc2)c1F. The van der Waals surface area contributed by atoms with Gasteiger partial charge in [0.15, 0.2) is 23.3 Å². The summed E-state index contributed by atoms with van der Waals surface area (Å²) in [6.07, 6.45) is 0. The van der Waals surface area contributed by atoms with Crippen molar-refractivity contribution in [3.63, 3.8) is 0 Å². The molecule has 18 heavy (non-hydrogen) atoms. The lowest BCUT2D eigenvalue weighted by Crippen LogP contribution is -1.96. The second-order valence-electron chi connectivity index (χ2n) is 3.28. The fourth-order valence-corrected chi connectivity index (χ4v) is 3.29. The van der Waals surface area contributed by atoms with Crippen molar-refractivity contribution in [1.82, 2.24) is 0 Å². The molecule has 0 nitrogen and oxygen atoms in total. The topological polar surface area (TPSA) is 0 Å². The predicted molar refractivity (Wildman–Crippen MR) is 64.4 cm³/mol. The monoisotopic (exact) mass is 290 g/mol. The molecular formula is C12H6F4S2. The molecule has 0 saturated carbocycles. The molecule has 0 N–H and O–H groups in total. The highest BCUT2D eigenvalue weighted by molar-refractivity contribution is 8.76. The average molecular weight is 290 g/mol. The van der Waals surface area contributed by atoms with Gasteiger partial charge in [-0.2, -0.15) is 0 Å². The fraction of sp³-hybridized carbons (Fsp3) is 0. The van der Waals surface area contributed by atoms with E-state index in [1.807, 2.05) is 0 Å². The third-order valence-corrected chi connectivity index (χ3v) is 4.44. The van der Waals surface area contributed by atoms with Crippen molar-refractivity contribution in [3.8, 4) is 0 Å². The number of hydrogen-bond donors (Lipinski definition) is 0. The van der Waals surface area contributed by atoms with E-state index in [9.17, 15) is 17.6 Å². The summed E-state index contributed by atoms with van der Waals surface area (Å²) >= 11 is 0. The lowest BCUT2D eigenvalue weighted by Gasteiger charge is -2.05. The molecule has 0 aliphatic carbocycles. The van der Waals surface area contributed by atoms with Crippen LogP contribution in [-0.4, -0.2) is 0 Å². The Bertz CT molecular complexity index is 531. The Morgan fingerprint density at radius 3 is 1.83 bits per heavy atom. The highest BCUT2D eigenvalue weighted by atomic mass is 33.1. The summed E-state index contributed by atoms with van der Waals surface area (Å²) in [6, 6.07) is 8.94. The lowest BCUT2D eigenvalue weighted by atomic mass is 10.3. The van der Waals surface area contributed by atoms with Gasteiger partial charge in [-0.05, 0) is 22.9 Å².